The number of aliphatic hydroxyl groups is 4. The first-order valence-corrected chi connectivity index (χ1v) is 9.71. The van der Waals surface area contributed by atoms with Crippen molar-refractivity contribution in [3.63, 3.8) is 0 Å². The number of amides is 1. The van der Waals surface area contributed by atoms with Crippen LogP contribution in [0.25, 0.3) is 11.3 Å². The zero-order chi connectivity index (χ0) is 23.9. The molecule has 4 rings (SSSR count). The number of carbonyl (C=O) groups is 3. The van der Waals surface area contributed by atoms with Crippen LogP contribution in [0.2, 0.25) is 0 Å². The van der Waals surface area contributed by atoms with E-state index < -0.39 is 69.7 Å². The van der Waals surface area contributed by atoms with Gasteiger partial charge in [-0.1, -0.05) is 18.7 Å². The standard InChI is InChI=1S/C22H22N2O8.ClH/c1-7-8-5-4-6-9(25)11(8)16(26)12-10(7)17(27)14-15(24(2)3)18(28)13(21(23)31)20(30)22(14,32)19(12)29;/h4-6,10,14-15,17,25-27,30,32H,1H2,2-3H3,(H2,23,31);1H/t10-,14+,15+,17+,22+;/m1./s1. The van der Waals surface area contributed by atoms with Gasteiger partial charge in [0.2, 0.25) is 5.78 Å². The molecule has 7 N–H and O–H groups in total. The lowest BCUT2D eigenvalue weighted by molar-refractivity contribution is -0.166. The van der Waals surface area contributed by atoms with Gasteiger partial charge in [0, 0.05) is 5.92 Å². The third kappa shape index (κ3) is 2.88. The lowest BCUT2D eigenvalue weighted by Gasteiger charge is -2.52. The molecule has 0 heterocycles. The number of hydrogen-bond donors (Lipinski definition) is 6. The van der Waals surface area contributed by atoms with Crippen molar-refractivity contribution in [1.29, 1.82) is 0 Å². The van der Waals surface area contributed by atoms with Gasteiger partial charge in [0.05, 0.1) is 29.2 Å². The molecule has 0 saturated heterocycles. The second-order valence-corrected chi connectivity index (χ2v) is 8.44. The van der Waals surface area contributed by atoms with Gasteiger partial charge in [0.1, 0.15) is 22.8 Å². The number of fused-ring (bicyclic) bond motifs is 3. The van der Waals surface area contributed by atoms with Crippen molar-refractivity contribution in [2.24, 2.45) is 17.6 Å². The third-order valence-electron chi connectivity index (χ3n) is 6.61. The van der Waals surface area contributed by atoms with Crippen LogP contribution in [0.5, 0.6) is 5.75 Å². The summed E-state index contributed by atoms with van der Waals surface area (Å²) in [5.74, 6) is -8.78. The number of nitrogens with two attached hydrogens (primary N) is 1. The summed E-state index contributed by atoms with van der Waals surface area (Å²) in [7, 11) is 2.88. The molecule has 1 aromatic rings. The van der Waals surface area contributed by atoms with E-state index in [1.165, 1.54) is 37.2 Å². The van der Waals surface area contributed by atoms with Crippen LogP contribution in [0.15, 0.2) is 41.7 Å². The van der Waals surface area contributed by atoms with Crippen molar-refractivity contribution in [2.75, 3.05) is 14.1 Å². The summed E-state index contributed by atoms with van der Waals surface area (Å²) in [5, 5.41) is 54.7. The minimum absolute atomic E-state index is 0. The summed E-state index contributed by atoms with van der Waals surface area (Å²) in [6, 6.07) is 2.89. The first-order chi connectivity index (χ1) is 14.9. The number of aliphatic hydroxyl groups excluding tert-OH is 3. The van der Waals surface area contributed by atoms with Gasteiger partial charge in [-0.2, -0.15) is 0 Å². The molecule has 0 spiro atoms. The van der Waals surface area contributed by atoms with E-state index in [4.69, 9.17) is 5.73 Å². The molecule has 0 unspecified atom stereocenters. The minimum Gasteiger partial charge on any atom is -0.508 e. The second kappa shape index (κ2) is 7.70. The van der Waals surface area contributed by atoms with E-state index in [0.29, 0.717) is 0 Å². The predicted molar refractivity (Wildman–Crippen MR) is 118 cm³/mol. The third-order valence-corrected chi connectivity index (χ3v) is 6.61. The number of halogens is 1. The number of primary amides is 1. The smallest absolute Gasteiger partial charge is 0.255 e. The van der Waals surface area contributed by atoms with Gasteiger partial charge in [-0.25, -0.2) is 0 Å². The molecule has 5 atom stereocenters. The zero-order valence-corrected chi connectivity index (χ0v) is 18.5. The highest BCUT2D eigenvalue weighted by molar-refractivity contribution is 6.25. The van der Waals surface area contributed by atoms with Crippen LogP contribution in [0.3, 0.4) is 0 Å². The van der Waals surface area contributed by atoms with Gasteiger partial charge in [-0.05, 0) is 31.3 Å². The molecule has 0 aliphatic heterocycles. The molecule has 0 bridgehead atoms. The molecule has 0 radical (unpaired) electrons. The summed E-state index contributed by atoms with van der Waals surface area (Å²) in [6.07, 6.45) is -1.69. The fourth-order valence-corrected chi connectivity index (χ4v) is 5.21. The number of phenols is 1. The lowest BCUT2D eigenvalue weighted by Crippen LogP contribution is -2.70. The maximum atomic E-state index is 13.6. The summed E-state index contributed by atoms with van der Waals surface area (Å²) in [4.78, 5) is 39.8. The van der Waals surface area contributed by atoms with Crippen LogP contribution in [0, 0.1) is 11.8 Å². The Labute approximate surface area is 194 Å². The van der Waals surface area contributed by atoms with Crippen molar-refractivity contribution in [1.82, 2.24) is 4.90 Å². The first kappa shape index (κ1) is 24.5. The van der Waals surface area contributed by atoms with Gasteiger partial charge in [-0.3, -0.25) is 19.3 Å². The van der Waals surface area contributed by atoms with E-state index in [1.807, 2.05) is 0 Å². The summed E-state index contributed by atoms with van der Waals surface area (Å²) >= 11 is 0. The molecule has 0 aromatic heterocycles. The number of rotatable bonds is 2. The summed E-state index contributed by atoms with van der Waals surface area (Å²) in [6.45, 7) is 3.91. The Morgan fingerprint density at radius 1 is 1.18 bits per heavy atom. The highest BCUT2D eigenvalue weighted by atomic mass is 35.5. The normalized spacial score (nSPS) is 31.1. The van der Waals surface area contributed by atoms with Crippen LogP contribution in [-0.4, -0.2) is 79.7 Å². The fourth-order valence-electron chi connectivity index (χ4n) is 5.21. The monoisotopic (exact) mass is 478 g/mol. The average Bonchev–Trinajstić information content (AvgIpc) is 2.70. The summed E-state index contributed by atoms with van der Waals surface area (Å²) in [5.41, 5.74) is 1.16. The predicted octanol–water partition coefficient (Wildman–Crippen LogP) is -0.173. The molecule has 1 aromatic carbocycles. The quantitative estimate of drug-likeness (QED) is 0.314. The number of phenolic OH excluding ortho intramolecular Hbond substituents is 1. The number of ketones is 2. The molecule has 3 aliphatic rings. The van der Waals surface area contributed by atoms with Crippen LogP contribution >= 0.6 is 12.4 Å². The van der Waals surface area contributed by atoms with E-state index in [0.717, 1.165) is 0 Å². The lowest BCUT2D eigenvalue weighted by atomic mass is 9.55. The molecule has 11 heteroatoms. The summed E-state index contributed by atoms with van der Waals surface area (Å²) < 4.78 is 0. The minimum atomic E-state index is -2.94. The Hall–Kier alpha value is -3.18. The fraction of sp³-hybridized carbons (Fsp3) is 0.318. The van der Waals surface area contributed by atoms with E-state index in [2.05, 4.69) is 6.58 Å². The number of benzene rings is 1. The largest absolute Gasteiger partial charge is 0.508 e. The van der Waals surface area contributed by atoms with E-state index >= 15 is 0 Å². The number of nitrogens with zero attached hydrogens (tertiary/aromatic N) is 1. The topological polar surface area (TPSA) is 182 Å². The molecular weight excluding hydrogens is 456 g/mol. The Morgan fingerprint density at radius 3 is 2.33 bits per heavy atom. The second-order valence-electron chi connectivity index (χ2n) is 8.44. The first-order valence-electron chi connectivity index (χ1n) is 9.71. The average molecular weight is 479 g/mol. The van der Waals surface area contributed by atoms with Crippen molar-refractivity contribution >= 4 is 41.2 Å². The highest BCUT2D eigenvalue weighted by Gasteiger charge is 2.68. The van der Waals surface area contributed by atoms with Crippen molar-refractivity contribution in [2.45, 2.75) is 17.7 Å². The Morgan fingerprint density at radius 2 is 1.79 bits per heavy atom. The maximum absolute atomic E-state index is 13.6. The Balaban J connectivity index is 0.00000306. The zero-order valence-electron chi connectivity index (χ0n) is 17.6. The molecular formula is C22H23ClN2O8. The Kier molecular flexibility index (Phi) is 5.71. The van der Waals surface area contributed by atoms with Gasteiger partial charge in [-0.15, -0.1) is 12.4 Å². The van der Waals surface area contributed by atoms with E-state index in [9.17, 15) is 39.9 Å². The van der Waals surface area contributed by atoms with Crippen LogP contribution in [0.1, 0.15) is 11.1 Å². The van der Waals surface area contributed by atoms with Crippen molar-refractivity contribution in [3.05, 3.63) is 52.8 Å². The van der Waals surface area contributed by atoms with Gasteiger partial charge < -0.3 is 31.3 Å². The van der Waals surface area contributed by atoms with Gasteiger partial charge in [0.25, 0.3) is 5.91 Å². The van der Waals surface area contributed by atoms with E-state index in [-0.39, 0.29) is 34.9 Å². The van der Waals surface area contributed by atoms with Crippen LogP contribution in [-0.2, 0) is 14.4 Å². The molecule has 176 valence electrons. The number of likely N-dealkylation sites (N-methyl/N-ethyl adjacent to an activating group) is 1. The molecule has 1 amide bonds. The highest BCUT2D eigenvalue weighted by Crippen LogP contribution is 2.55. The number of hydrogen-bond acceptors (Lipinski definition) is 9. The number of aromatic hydroxyl groups is 1. The van der Waals surface area contributed by atoms with E-state index in [1.54, 1.807) is 0 Å². The molecule has 1 fully saturated rings. The molecule has 3 aliphatic carbocycles. The van der Waals surface area contributed by atoms with Crippen molar-refractivity contribution < 1.29 is 39.9 Å². The van der Waals surface area contributed by atoms with Crippen LogP contribution in [0.4, 0.5) is 0 Å². The van der Waals surface area contributed by atoms with Crippen molar-refractivity contribution in [3.8, 4) is 5.75 Å². The van der Waals surface area contributed by atoms with Gasteiger partial charge in [0.15, 0.2) is 11.4 Å². The Bertz CT molecular complexity index is 1190. The maximum Gasteiger partial charge on any atom is 0.255 e. The number of carbonyl (C=O) groups excluding carboxylic acids is 3. The van der Waals surface area contributed by atoms with Crippen LogP contribution < -0.4 is 5.73 Å². The number of Topliss-reactive ketones (excluding diaryl/α,β-unsaturated/α-hetero) is 2. The van der Waals surface area contributed by atoms with Gasteiger partial charge >= 0.3 is 0 Å². The molecule has 1 saturated carbocycles. The molecule has 10 nitrogen and oxygen atoms in total. The molecule has 33 heavy (non-hydrogen) atoms. The SMILES string of the molecule is C=C1c2cccc(O)c2C(O)=C2C(=O)[C@]3(O)C(O)=C(C(N)=O)C(=O)[C@@H](N(C)C)[C@H]3[C@@H](O)[C@H]12.Cl.